The van der Waals surface area contributed by atoms with Crippen molar-refractivity contribution in [2.75, 3.05) is 13.1 Å². The fourth-order valence-corrected chi connectivity index (χ4v) is 7.89. The van der Waals surface area contributed by atoms with Crippen molar-refractivity contribution < 1.29 is 22.7 Å². The number of para-hydroxylation sites is 1. The molecule has 5 aromatic rings. The van der Waals surface area contributed by atoms with Gasteiger partial charge < -0.3 is 15.5 Å². The highest BCUT2D eigenvalue weighted by Crippen LogP contribution is 2.41. The average molecular weight is 661 g/mol. The highest BCUT2D eigenvalue weighted by molar-refractivity contribution is 7.89. The summed E-state index contributed by atoms with van der Waals surface area (Å²) >= 11 is 0. The molecule has 2 heterocycles. The predicted molar refractivity (Wildman–Crippen MR) is 187 cm³/mol. The average Bonchev–Trinajstić information content (AvgIpc) is 3.61. The van der Waals surface area contributed by atoms with Crippen LogP contribution in [-0.4, -0.2) is 61.5 Å². The van der Waals surface area contributed by atoms with E-state index in [9.17, 15) is 18.0 Å². The lowest BCUT2D eigenvalue weighted by molar-refractivity contribution is -0.128. The van der Waals surface area contributed by atoms with Crippen molar-refractivity contribution in [1.82, 2.24) is 14.2 Å². The van der Waals surface area contributed by atoms with Gasteiger partial charge in [0, 0.05) is 29.6 Å². The number of carbonyl (C=O) groups is 2. The van der Waals surface area contributed by atoms with Crippen molar-refractivity contribution in [3.63, 3.8) is 0 Å². The number of carbonyl (C=O) groups excluding carboxylic acids is 2. The van der Waals surface area contributed by atoms with Gasteiger partial charge in [-0.1, -0.05) is 72.0 Å². The zero-order valence-electron chi connectivity index (χ0n) is 26.9. The van der Waals surface area contributed by atoms with Gasteiger partial charge in [0.05, 0.1) is 4.90 Å². The Hall–Kier alpha value is -4.87. The number of aromatic nitrogens is 1. The number of benzene rings is 4. The van der Waals surface area contributed by atoms with Crippen LogP contribution in [0.3, 0.4) is 0 Å². The highest BCUT2D eigenvalue weighted by Gasteiger charge is 2.55. The van der Waals surface area contributed by atoms with Crippen LogP contribution >= 0.6 is 0 Å². The van der Waals surface area contributed by atoms with E-state index in [4.69, 9.17) is 18.3 Å². The van der Waals surface area contributed by atoms with Crippen LogP contribution in [0.4, 0.5) is 4.79 Å². The minimum absolute atomic E-state index is 0.0844. The number of sulfonamides is 1. The maximum absolute atomic E-state index is 14.6. The summed E-state index contributed by atoms with van der Waals surface area (Å²) in [6.07, 6.45) is 3.73. The Morgan fingerprint density at radius 3 is 2.38 bits per heavy atom. The molecule has 1 saturated heterocycles. The zero-order valence-corrected chi connectivity index (χ0v) is 27.7. The quantitative estimate of drug-likeness (QED) is 0.101. The molecule has 6 rings (SSSR count). The fraction of sp³-hybridized carbons (Fsp3) is 0.243. The van der Waals surface area contributed by atoms with E-state index in [2.05, 4.69) is 4.98 Å². The molecule has 3 amide bonds. The monoisotopic (exact) mass is 660 g/mol. The summed E-state index contributed by atoms with van der Waals surface area (Å²) in [5.41, 5.74) is 9.94. The van der Waals surface area contributed by atoms with E-state index < -0.39 is 33.9 Å². The number of hydrogen-bond acceptors (Lipinski definition) is 6. The first-order chi connectivity index (χ1) is 23.1. The number of nitrogens with one attached hydrogen (secondary N) is 1. The van der Waals surface area contributed by atoms with E-state index in [0.717, 1.165) is 32.1 Å². The maximum atomic E-state index is 14.6. The molecular weight excluding hydrogens is 623 g/mol. The second-order valence-corrected chi connectivity index (χ2v) is 13.9. The number of nitrogens with two attached hydrogens (primary N) is 1. The van der Waals surface area contributed by atoms with Gasteiger partial charge in [-0.25, -0.2) is 17.5 Å². The Morgan fingerprint density at radius 2 is 1.65 bits per heavy atom. The van der Waals surface area contributed by atoms with Crippen molar-refractivity contribution >= 4 is 46.2 Å². The molecule has 2 unspecified atom stereocenters. The molecule has 0 aliphatic carbocycles. The van der Waals surface area contributed by atoms with Crippen LogP contribution in [0.25, 0.3) is 10.9 Å². The summed E-state index contributed by atoms with van der Waals surface area (Å²) in [4.78, 5) is 32.9. The highest BCUT2D eigenvalue weighted by atomic mass is 32.2. The molecule has 2 radical (unpaired) electrons. The molecule has 2 atom stereocenters. The van der Waals surface area contributed by atoms with E-state index in [0.29, 0.717) is 53.0 Å². The number of aromatic amines is 1. The Balaban J connectivity index is 1.44. The van der Waals surface area contributed by atoms with Crippen LogP contribution in [0.15, 0.2) is 102 Å². The number of urea groups is 1. The van der Waals surface area contributed by atoms with Crippen molar-refractivity contribution in [3.8, 4) is 11.5 Å². The number of imide groups is 1. The number of aryl methyl sites for hydroxylation is 2. The smallest absolute Gasteiger partial charge is 0.341 e. The number of unbranched alkanes of at least 4 members (excludes halogenated alkanes) is 2. The molecular formula is C37H37BN4O5S. The minimum atomic E-state index is -4.54. The molecule has 48 heavy (non-hydrogen) atoms. The Morgan fingerprint density at radius 1 is 0.896 bits per heavy atom. The Kier molecular flexibility index (Phi) is 9.43. The summed E-state index contributed by atoms with van der Waals surface area (Å²) in [6, 6.07) is 24.4. The number of hydrogen-bond donors (Lipinski definition) is 2. The molecule has 0 bridgehead atoms. The van der Waals surface area contributed by atoms with E-state index in [1.807, 2.05) is 67.6 Å². The summed E-state index contributed by atoms with van der Waals surface area (Å²) in [7, 11) is 1.51. The number of rotatable bonds is 12. The van der Waals surface area contributed by atoms with E-state index in [-0.39, 0.29) is 11.4 Å². The minimum Gasteiger partial charge on any atom is -0.457 e. The number of H-pyrrole nitrogens is 1. The van der Waals surface area contributed by atoms with Crippen molar-refractivity contribution in [2.24, 2.45) is 5.73 Å². The van der Waals surface area contributed by atoms with Gasteiger partial charge in [-0.2, -0.15) is 0 Å². The SMILES string of the molecule is [B]c1cc(Oc2ccc(S(=O)(=O)N3C(=O)N(CCCCCN)C(=O)C3C(c3ccccc3)c3c[nH]c4ccccc34)cc2C)ccc1C. The van der Waals surface area contributed by atoms with E-state index >= 15 is 0 Å². The van der Waals surface area contributed by atoms with Crippen LogP contribution in [-0.2, 0) is 14.8 Å². The van der Waals surface area contributed by atoms with E-state index in [1.165, 1.54) is 12.1 Å². The molecule has 4 aromatic carbocycles. The molecule has 9 nitrogen and oxygen atoms in total. The third-order valence-electron chi connectivity index (χ3n) is 8.89. The van der Waals surface area contributed by atoms with Gasteiger partial charge >= 0.3 is 6.03 Å². The molecule has 244 valence electrons. The van der Waals surface area contributed by atoms with Gasteiger partial charge in [-0.15, -0.1) is 0 Å². The normalized spacial score (nSPS) is 15.8. The molecule has 1 fully saturated rings. The lowest BCUT2D eigenvalue weighted by atomic mass is 9.84. The second-order valence-electron chi connectivity index (χ2n) is 12.1. The van der Waals surface area contributed by atoms with Crippen LogP contribution in [0.2, 0.25) is 0 Å². The van der Waals surface area contributed by atoms with E-state index in [1.54, 1.807) is 31.3 Å². The van der Waals surface area contributed by atoms with Gasteiger partial charge in [0.2, 0.25) is 0 Å². The molecule has 0 spiro atoms. The number of ether oxygens (including phenoxy) is 1. The summed E-state index contributed by atoms with van der Waals surface area (Å²) in [5.74, 6) is -0.422. The summed E-state index contributed by atoms with van der Waals surface area (Å²) < 4.78 is 36.1. The van der Waals surface area contributed by atoms with Crippen molar-refractivity contribution in [1.29, 1.82) is 0 Å². The molecule has 1 aliphatic rings. The van der Waals surface area contributed by atoms with Crippen molar-refractivity contribution in [2.45, 2.75) is 50.0 Å². The van der Waals surface area contributed by atoms with Gasteiger partial charge in [0.15, 0.2) is 0 Å². The molecule has 11 heteroatoms. The first-order valence-electron chi connectivity index (χ1n) is 16.0. The fourth-order valence-electron chi connectivity index (χ4n) is 6.28. The number of nitrogens with zero attached hydrogens (tertiary/aromatic N) is 2. The molecule has 0 saturated carbocycles. The van der Waals surface area contributed by atoms with Crippen LogP contribution in [0.1, 0.15) is 47.4 Å². The van der Waals surface area contributed by atoms with Crippen LogP contribution in [0.5, 0.6) is 11.5 Å². The zero-order chi connectivity index (χ0) is 34.0. The second kappa shape index (κ2) is 13.7. The first-order valence-corrected chi connectivity index (χ1v) is 17.4. The van der Waals surface area contributed by atoms with Gasteiger partial charge in [-0.05, 0) is 86.3 Å². The molecule has 1 aliphatic heterocycles. The van der Waals surface area contributed by atoms with Gasteiger partial charge in [0.25, 0.3) is 15.9 Å². The third-order valence-corrected chi connectivity index (χ3v) is 10.6. The topological polar surface area (TPSA) is 126 Å². The van der Waals surface area contributed by atoms with Crippen molar-refractivity contribution in [3.05, 3.63) is 119 Å². The number of amides is 3. The Labute approximate surface area is 282 Å². The number of fused-ring (bicyclic) bond motifs is 1. The largest absolute Gasteiger partial charge is 0.457 e. The Bertz CT molecular complexity index is 2080. The van der Waals surface area contributed by atoms with Gasteiger partial charge in [0.1, 0.15) is 25.4 Å². The van der Waals surface area contributed by atoms with Crippen LogP contribution < -0.4 is 15.9 Å². The lowest BCUT2D eigenvalue weighted by Crippen LogP contribution is -2.44. The summed E-state index contributed by atoms with van der Waals surface area (Å²) in [6.45, 7) is 4.19. The lowest BCUT2D eigenvalue weighted by Gasteiger charge is -2.29. The summed E-state index contributed by atoms with van der Waals surface area (Å²) in [5, 5.41) is 0.833. The molecule has 3 N–H and O–H groups in total. The molecule has 1 aromatic heterocycles. The maximum Gasteiger partial charge on any atom is 0.341 e. The predicted octanol–water partition coefficient (Wildman–Crippen LogP) is 5.65. The third kappa shape index (κ3) is 6.23. The van der Waals surface area contributed by atoms with Gasteiger partial charge in [-0.3, -0.25) is 9.69 Å². The first kappa shape index (κ1) is 33.1. The van der Waals surface area contributed by atoms with Crippen LogP contribution in [0, 0.1) is 13.8 Å². The standard InChI is InChI=1S/C37H37BN4O5S/c1-24-15-16-27(22-31(24)38)47-33-18-17-28(21-25(33)2)48(45,46)42-35(36(43)41(37(42)44)20-10-4-9-19-39)34(26-11-5-3-6-12-26)30-23-40-32-14-8-7-13-29(30)32/h3,5-8,11-18,21-23,34-35,40H,4,9-10,19-20,39H2,1-2H3.